The van der Waals surface area contributed by atoms with Crippen molar-refractivity contribution in [2.45, 2.75) is 90.5 Å². The summed E-state index contributed by atoms with van der Waals surface area (Å²) in [7, 11) is 0. The summed E-state index contributed by atoms with van der Waals surface area (Å²) in [6.45, 7) is 6.38. The first-order valence-corrected chi connectivity index (χ1v) is 23.2. The molecule has 9 N–H and O–H groups in total. The van der Waals surface area contributed by atoms with Gasteiger partial charge in [0.2, 0.25) is 29.6 Å². The van der Waals surface area contributed by atoms with Crippen molar-refractivity contribution in [1.82, 2.24) is 41.2 Å². The highest BCUT2D eigenvalue weighted by molar-refractivity contribution is 7.98. The van der Waals surface area contributed by atoms with Gasteiger partial charge in [-0.1, -0.05) is 42.5 Å². The molecule has 2 heterocycles. The van der Waals surface area contributed by atoms with Crippen molar-refractivity contribution in [2.24, 2.45) is 0 Å². The van der Waals surface area contributed by atoms with Crippen molar-refractivity contribution < 1.29 is 33.9 Å². The highest BCUT2D eigenvalue weighted by Crippen LogP contribution is 2.24. The molecule has 0 spiro atoms. The standard InChI is InChI=1S/C47H57N11O8S/c1-28-10-5-7-12-32(28)26-58(37-14-8-6-11-29(37)2)40(61)22-21-38(59)49-23-9-13-35(44(63)55-36(27-67-4)46(65)66)54-39(60)20-15-30(3)52-43(62)31-16-18-33(19-17-31)50-24-34-25-51-42-41(53-34)45(64)57-47(48)56-42/h5-8,10-12,14,16-19,25,30,35-36,50H,9,13,15,20-24,26-27H2,1-4H3,(H,49,59)(H,52,62)(H,54,60)(H,55,63)(H,65,66)(H3,48,51,56,57,64)/t30-,35?,36+/m1/s1. The Morgan fingerprint density at radius 2 is 1.55 bits per heavy atom. The second-order valence-electron chi connectivity index (χ2n) is 16.0. The zero-order valence-electron chi connectivity index (χ0n) is 37.9. The topological polar surface area (TPSA) is 284 Å². The summed E-state index contributed by atoms with van der Waals surface area (Å²) < 4.78 is 0. The molecule has 2 aromatic heterocycles. The van der Waals surface area contributed by atoms with Crippen molar-refractivity contribution in [2.75, 3.05) is 34.5 Å². The van der Waals surface area contributed by atoms with Crippen LogP contribution in [-0.4, -0.2) is 97.2 Å². The number of hydrogen-bond acceptors (Lipinski definition) is 13. The number of hydrogen-bond donors (Lipinski definition) is 8. The lowest BCUT2D eigenvalue weighted by atomic mass is 10.1. The average Bonchev–Trinajstić information content (AvgIpc) is 3.30. The Labute approximate surface area is 391 Å². The molecular formula is C47H57N11O8S. The quantitative estimate of drug-likeness (QED) is 0.0410. The van der Waals surface area contributed by atoms with Crippen molar-refractivity contribution in [3.05, 3.63) is 117 Å². The molecule has 0 saturated carbocycles. The van der Waals surface area contributed by atoms with Gasteiger partial charge in [0.25, 0.3) is 11.5 Å². The third-order valence-corrected chi connectivity index (χ3v) is 11.4. The first kappa shape index (κ1) is 50.6. The third kappa shape index (κ3) is 15.4. The number of H-pyrrole nitrogens is 1. The molecule has 0 aliphatic rings. The maximum atomic E-state index is 13.6. The van der Waals surface area contributed by atoms with Crippen LogP contribution in [0.2, 0.25) is 0 Å². The molecule has 354 valence electrons. The fourth-order valence-electron chi connectivity index (χ4n) is 6.97. The zero-order chi connectivity index (χ0) is 48.5. The Morgan fingerprint density at radius 3 is 2.25 bits per heavy atom. The Morgan fingerprint density at radius 1 is 0.836 bits per heavy atom. The SMILES string of the molecule is CSC[C@H](NC(=O)C(CCCNC(=O)CCC(=O)N(Cc1ccccc1C)c1ccccc1C)NC(=O)CC[C@@H](C)NC(=O)c1ccc(NCc2cnc3nc(N)[nH]c(=O)c3n2)cc1)C(=O)O. The predicted octanol–water partition coefficient (Wildman–Crippen LogP) is 3.75. The Balaban J connectivity index is 1.09. The van der Waals surface area contributed by atoms with Crippen LogP contribution in [0.5, 0.6) is 0 Å². The summed E-state index contributed by atoms with van der Waals surface area (Å²) >= 11 is 1.24. The summed E-state index contributed by atoms with van der Waals surface area (Å²) in [5, 5.41) is 23.7. The van der Waals surface area contributed by atoms with E-state index in [2.05, 4.69) is 46.5 Å². The zero-order valence-corrected chi connectivity index (χ0v) is 38.7. The van der Waals surface area contributed by atoms with Crippen molar-refractivity contribution in [3.63, 3.8) is 0 Å². The fraction of sp³-hybridized carbons (Fsp3) is 0.362. The second-order valence-corrected chi connectivity index (χ2v) is 16.9. The lowest BCUT2D eigenvalue weighted by molar-refractivity contribution is -0.141. The van der Waals surface area contributed by atoms with Gasteiger partial charge in [-0.25, -0.2) is 14.8 Å². The van der Waals surface area contributed by atoms with Crippen LogP contribution in [0.4, 0.5) is 17.3 Å². The second kappa shape index (κ2) is 24.8. The molecule has 3 aromatic carbocycles. The van der Waals surface area contributed by atoms with E-state index in [0.717, 1.165) is 22.4 Å². The number of amides is 5. The Hall–Kier alpha value is -7.35. The molecule has 0 fully saturated rings. The molecule has 67 heavy (non-hydrogen) atoms. The van der Waals surface area contributed by atoms with Crippen LogP contribution in [0.1, 0.15) is 78.2 Å². The summed E-state index contributed by atoms with van der Waals surface area (Å²) in [5.41, 5.74) is 10.5. The Bertz CT molecular complexity index is 2610. The molecule has 20 heteroatoms. The molecular weight excluding hydrogens is 879 g/mol. The normalized spacial score (nSPS) is 12.3. The van der Waals surface area contributed by atoms with Gasteiger partial charge in [-0.3, -0.25) is 33.8 Å². The number of carboxylic acid groups (broad SMARTS) is 1. The van der Waals surface area contributed by atoms with E-state index in [0.29, 0.717) is 23.5 Å². The van der Waals surface area contributed by atoms with E-state index in [9.17, 15) is 38.7 Å². The van der Waals surface area contributed by atoms with Crippen molar-refractivity contribution >= 4 is 75.8 Å². The molecule has 0 radical (unpaired) electrons. The van der Waals surface area contributed by atoms with Gasteiger partial charge >= 0.3 is 5.97 Å². The van der Waals surface area contributed by atoms with Gasteiger partial charge in [-0.05, 0) is 93.3 Å². The van der Waals surface area contributed by atoms with Gasteiger partial charge in [0.15, 0.2) is 11.2 Å². The Kier molecular flexibility index (Phi) is 18.7. The number of rotatable bonds is 24. The van der Waals surface area contributed by atoms with Crippen LogP contribution < -0.4 is 42.8 Å². The van der Waals surface area contributed by atoms with Gasteiger partial charge in [-0.15, -0.1) is 0 Å². The van der Waals surface area contributed by atoms with Crippen LogP contribution in [0.25, 0.3) is 11.2 Å². The molecule has 3 atom stereocenters. The minimum atomic E-state index is -1.22. The van der Waals surface area contributed by atoms with Crippen LogP contribution in [-0.2, 0) is 37.1 Å². The number of thioether (sulfide) groups is 1. The first-order valence-electron chi connectivity index (χ1n) is 21.8. The largest absolute Gasteiger partial charge is 0.480 e. The van der Waals surface area contributed by atoms with E-state index in [-0.39, 0.29) is 92.2 Å². The van der Waals surface area contributed by atoms with Crippen molar-refractivity contribution in [3.8, 4) is 0 Å². The predicted molar refractivity (Wildman–Crippen MR) is 257 cm³/mol. The minimum absolute atomic E-state index is 0.0349. The molecule has 0 aliphatic heterocycles. The number of anilines is 3. The first-order chi connectivity index (χ1) is 32.1. The van der Waals surface area contributed by atoms with Gasteiger partial charge in [0.05, 0.1) is 25.0 Å². The summed E-state index contributed by atoms with van der Waals surface area (Å²) in [4.78, 5) is 107. The van der Waals surface area contributed by atoms with E-state index in [1.54, 1.807) is 42.3 Å². The number of nitrogens with one attached hydrogen (secondary N) is 6. The number of aryl methyl sites for hydroxylation is 2. The van der Waals surface area contributed by atoms with Crippen LogP contribution in [0, 0.1) is 13.8 Å². The monoisotopic (exact) mass is 935 g/mol. The smallest absolute Gasteiger partial charge is 0.327 e. The number of aromatic amines is 1. The van der Waals surface area contributed by atoms with E-state index < -0.39 is 41.5 Å². The van der Waals surface area contributed by atoms with Crippen LogP contribution >= 0.6 is 11.8 Å². The van der Waals surface area contributed by atoms with Gasteiger partial charge in [0.1, 0.15) is 12.1 Å². The summed E-state index contributed by atoms with van der Waals surface area (Å²) in [6.07, 6.45) is 3.61. The number of nitrogens with zero attached hydrogens (tertiary/aromatic N) is 4. The number of fused-ring (bicyclic) bond motifs is 1. The van der Waals surface area contributed by atoms with Crippen molar-refractivity contribution in [1.29, 1.82) is 0 Å². The highest BCUT2D eigenvalue weighted by Gasteiger charge is 2.27. The van der Waals surface area contributed by atoms with E-state index >= 15 is 0 Å². The van der Waals surface area contributed by atoms with Crippen LogP contribution in [0.15, 0.2) is 83.8 Å². The number of aromatic nitrogens is 4. The summed E-state index contributed by atoms with van der Waals surface area (Å²) in [5.74, 6) is -3.26. The molecule has 0 bridgehead atoms. The molecule has 5 amide bonds. The van der Waals surface area contributed by atoms with E-state index in [4.69, 9.17) is 5.73 Å². The number of carbonyl (C=O) groups excluding carboxylic acids is 5. The molecule has 0 saturated heterocycles. The van der Waals surface area contributed by atoms with Gasteiger partial charge in [-0.2, -0.15) is 16.7 Å². The highest BCUT2D eigenvalue weighted by atomic mass is 32.2. The number of nitrogens with two attached hydrogens (primary N) is 1. The molecule has 19 nitrogen and oxygen atoms in total. The van der Waals surface area contributed by atoms with E-state index in [1.807, 2.05) is 62.4 Å². The molecule has 5 rings (SSSR count). The number of carboxylic acids is 1. The number of aliphatic carboxylic acids is 1. The maximum absolute atomic E-state index is 13.6. The third-order valence-electron chi connectivity index (χ3n) is 10.7. The number of benzene rings is 3. The maximum Gasteiger partial charge on any atom is 0.327 e. The van der Waals surface area contributed by atoms with Crippen LogP contribution in [0.3, 0.4) is 0 Å². The number of para-hydroxylation sites is 1. The average molecular weight is 936 g/mol. The minimum Gasteiger partial charge on any atom is -0.480 e. The number of nitrogen functional groups attached to an aromatic ring is 1. The lowest BCUT2D eigenvalue weighted by Crippen LogP contribution is -2.52. The molecule has 1 unspecified atom stereocenters. The fourth-order valence-corrected chi connectivity index (χ4v) is 7.53. The number of carbonyl (C=O) groups is 6. The van der Waals surface area contributed by atoms with Gasteiger partial charge < -0.3 is 42.3 Å². The summed E-state index contributed by atoms with van der Waals surface area (Å²) in [6, 6.07) is 19.3. The van der Waals surface area contributed by atoms with E-state index in [1.165, 1.54) is 18.0 Å². The molecule has 0 aliphatic carbocycles. The molecule has 5 aromatic rings. The lowest BCUT2D eigenvalue weighted by Gasteiger charge is -2.25. The van der Waals surface area contributed by atoms with Gasteiger partial charge in [0, 0.05) is 54.5 Å².